The number of pyridine rings is 4. The molecule has 0 fully saturated rings. The fourth-order valence-electron chi connectivity index (χ4n) is 5.07. The predicted molar refractivity (Wildman–Crippen MR) is 209 cm³/mol. The molecule has 0 amide bonds. The second-order valence-corrected chi connectivity index (χ2v) is 16.3. The van der Waals surface area contributed by atoms with Crippen LogP contribution < -0.4 is 18.3 Å². The third-order valence-corrected chi connectivity index (χ3v) is 10.1. The van der Waals surface area contributed by atoms with Gasteiger partial charge in [-0.2, -0.15) is 9.13 Å². The van der Waals surface area contributed by atoms with Gasteiger partial charge in [-0.15, -0.1) is 0 Å². The number of nitrogens with zero attached hydrogens (tertiary/aromatic N) is 4. The summed E-state index contributed by atoms with van der Waals surface area (Å²) in [4.78, 5) is -0.355. The first-order chi connectivity index (χ1) is 25.8. The van der Waals surface area contributed by atoms with E-state index in [0.717, 1.165) is 30.6 Å². The summed E-state index contributed by atoms with van der Waals surface area (Å²) in [7, 11) is -4.38. The van der Waals surface area contributed by atoms with E-state index in [2.05, 4.69) is 146 Å². The second kappa shape index (κ2) is 20.5. The Kier molecular flexibility index (Phi) is 16.5. The zero-order valence-corrected chi connectivity index (χ0v) is 34.5. The van der Waals surface area contributed by atoms with Crippen molar-refractivity contribution in [2.24, 2.45) is 14.1 Å². The number of rotatable bonds is 7. The Hall–Kier alpha value is -5.14. The van der Waals surface area contributed by atoms with Gasteiger partial charge in [0.25, 0.3) is 11.4 Å². The summed E-state index contributed by atoms with van der Waals surface area (Å²) in [5.41, 5.74) is 9.54. The molecule has 55 heavy (non-hydrogen) atoms. The molecule has 10 nitrogen and oxygen atoms in total. The van der Waals surface area contributed by atoms with Gasteiger partial charge in [0.1, 0.15) is 34.3 Å². The van der Waals surface area contributed by atoms with Gasteiger partial charge in [-0.3, -0.25) is 0 Å². The molecule has 0 aliphatic carbocycles. The summed E-state index contributed by atoms with van der Waals surface area (Å²) < 4.78 is 71.1. The van der Waals surface area contributed by atoms with Gasteiger partial charge in [0.15, 0.2) is 50.3 Å². The minimum atomic E-state index is -4.27. The Bertz CT molecular complexity index is 2180. The van der Waals surface area contributed by atoms with Crippen molar-refractivity contribution >= 4 is 20.2 Å². The fourth-order valence-corrected chi connectivity index (χ4v) is 6.01. The number of hydrogen-bond donors (Lipinski definition) is 0. The van der Waals surface area contributed by atoms with Gasteiger partial charge in [0.05, 0.1) is 16.2 Å². The molecule has 4 heterocycles. The van der Waals surface area contributed by atoms with Crippen LogP contribution >= 0.6 is 0 Å². The maximum Gasteiger partial charge on any atom is 0.277 e. The van der Waals surface area contributed by atoms with Crippen LogP contribution in [0, 0.1) is 41.5 Å². The highest BCUT2D eigenvalue weighted by atomic mass is 32.2. The third-order valence-electron chi connectivity index (χ3n) is 8.44. The number of aromatic nitrogens is 4. The summed E-state index contributed by atoms with van der Waals surface area (Å²) in [6, 6.07) is 28.9. The van der Waals surface area contributed by atoms with E-state index in [1.165, 1.54) is 57.9 Å². The zero-order valence-electron chi connectivity index (χ0n) is 32.9. The maximum atomic E-state index is 10.4. The van der Waals surface area contributed by atoms with Crippen LogP contribution in [0.5, 0.6) is 0 Å². The van der Waals surface area contributed by atoms with Crippen molar-refractivity contribution in [3.05, 3.63) is 168 Å². The number of aryl methyl sites for hydroxylation is 10. The molecule has 12 heteroatoms. The second-order valence-electron chi connectivity index (χ2n) is 13.5. The molecular formula is C43H52N4O6S2+2. The fraction of sp³-hybridized carbons (Fsp3) is 0.256. The first kappa shape index (κ1) is 44.3. The summed E-state index contributed by atoms with van der Waals surface area (Å²) in [5.74, 6) is 0. The Morgan fingerprint density at radius 2 is 0.691 bits per heavy atom. The van der Waals surface area contributed by atoms with Crippen molar-refractivity contribution in [1.29, 1.82) is 0 Å². The summed E-state index contributed by atoms with van der Waals surface area (Å²) >= 11 is 0. The molecule has 0 aliphatic heterocycles. The molecule has 0 atom stereocenters. The van der Waals surface area contributed by atoms with Gasteiger partial charge in [0.2, 0.25) is 0 Å². The highest BCUT2D eigenvalue weighted by Gasteiger charge is 2.19. The van der Waals surface area contributed by atoms with E-state index in [1.807, 2.05) is 13.8 Å². The topological polar surface area (TPSA) is 130 Å². The van der Waals surface area contributed by atoms with Gasteiger partial charge < -0.3 is 9.11 Å². The van der Waals surface area contributed by atoms with E-state index >= 15 is 0 Å². The van der Waals surface area contributed by atoms with E-state index in [-0.39, 0.29) is 9.79 Å². The first-order valence-electron chi connectivity index (χ1n) is 17.7. The largest absolute Gasteiger partial charge is 0.744 e. The average Bonchev–Trinajstić information content (AvgIpc) is 3.12. The number of hydrogen-bond acceptors (Lipinski definition) is 6. The number of benzene rings is 2. The van der Waals surface area contributed by atoms with Crippen molar-refractivity contribution in [1.82, 2.24) is 0 Å². The Morgan fingerprint density at radius 1 is 0.418 bits per heavy atom. The first-order valence-corrected chi connectivity index (χ1v) is 20.5. The lowest BCUT2D eigenvalue weighted by Gasteiger charge is -2.05. The van der Waals surface area contributed by atoms with Gasteiger partial charge in [-0.1, -0.05) is 35.4 Å². The van der Waals surface area contributed by atoms with E-state index in [1.54, 1.807) is 24.3 Å². The summed E-state index contributed by atoms with van der Waals surface area (Å²) in [6.45, 7) is 14.3. The van der Waals surface area contributed by atoms with E-state index in [9.17, 15) is 25.9 Å². The quantitative estimate of drug-likeness (QED) is 0.158. The smallest absolute Gasteiger partial charge is 0.277 e. The standard InChI is InChI=1S/C15H20N2.C14H18N2.2C7H8O3S/c1-14-4-10-16(11-5-14)8-3-9-17-12-6-15(2)7-13-17;1-11-5-7-15(3)13(9-11)14-10-12(2)6-8-16(14)4;2*1-6-2-4-7(5-3-6)11(8,9)10/h4-7,10-13H,3,8-9H2,1-2H3;5-10H,1-4H3;2*2-5H,1H3,(H,8,9,10)/q2*+2;;/p-2. The van der Waals surface area contributed by atoms with E-state index < -0.39 is 20.2 Å². The van der Waals surface area contributed by atoms with Crippen molar-refractivity contribution in [2.45, 2.75) is 70.8 Å². The van der Waals surface area contributed by atoms with E-state index in [4.69, 9.17) is 0 Å². The van der Waals surface area contributed by atoms with Gasteiger partial charge in [-0.25, -0.2) is 26.0 Å². The van der Waals surface area contributed by atoms with Crippen molar-refractivity contribution < 1.29 is 44.2 Å². The lowest BCUT2D eigenvalue weighted by atomic mass is 10.1. The molecule has 2 aromatic carbocycles. The van der Waals surface area contributed by atoms with Gasteiger partial charge in [-0.05, 0) is 88.1 Å². The van der Waals surface area contributed by atoms with Crippen LogP contribution in [0.15, 0.2) is 144 Å². The molecule has 0 aliphatic rings. The molecule has 4 aromatic heterocycles. The molecule has 6 aromatic rings. The molecule has 6 rings (SSSR count). The zero-order chi connectivity index (χ0) is 40.8. The Labute approximate surface area is 327 Å². The van der Waals surface area contributed by atoms with Gasteiger partial charge >= 0.3 is 0 Å². The molecule has 0 unspecified atom stereocenters. The van der Waals surface area contributed by atoms with Crippen LogP contribution in [0.25, 0.3) is 11.4 Å². The van der Waals surface area contributed by atoms with Crippen LogP contribution in [-0.2, 0) is 47.4 Å². The highest BCUT2D eigenvalue weighted by molar-refractivity contribution is 7.86. The maximum absolute atomic E-state index is 10.4. The normalized spacial score (nSPS) is 10.9. The molecule has 0 saturated heterocycles. The van der Waals surface area contributed by atoms with Gasteiger partial charge in [0, 0.05) is 48.5 Å². The average molecular weight is 785 g/mol. The van der Waals surface area contributed by atoms with Crippen molar-refractivity contribution in [2.75, 3.05) is 0 Å². The minimum absolute atomic E-state index is 0.178. The summed E-state index contributed by atoms with van der Waals surface area (Å²) in [5, 5.41) is 0. The molecule has 290 valence electrons. The Morgan fingerprint density at radius 3 is 0.982 bits per heavy atom. The lowest BCUT2D eigenvalue weighted by molar-refractivity contribution is -0.727. The molecule has 0 saturated carbocycles. The summed E-state index contributed by atoms with van der Waals surface area (Å²) in [6.07, 6.45) is 14.0. The predicted octanol–water partition coefficient (Wildman–Crippen LogP) is 5.39. The molecule has 0 N–H and O–H groups in total. The highest BCUT2D eigenvalue weighted by Crippen LogP contribution is 2.13. The van der Waals surface area contributed by atoms with E-state index in [0.29, 0.717) is 0 Å². The van der Waals surface area contributed by atoms with Crippen LogP contribution in [0.4, 0.5) is 0 Å². The van der Waals surface area contributed by atoms with Crippen LogP contribution in [0.2, 0.25) is 0 Å². The molecule has 0 radical (unpaired) electrons. The monoisotopic (exact) mass is 784 g/mol. The molecular weight excluding hydrogens is 733 g/mol. The third kappa shape index (κ3) is 15.6. The molecule has 0 spiro atoms. The van der Waals surface area contributed by atoms with Crippen LogP contribution in [0.3, 0.4) is 0 Å². The van der Waals surface area contributed by atoms with Crippen molar-refractivity contribution in [3.63, 3.8) is 0 Å². The minimum Gasteiger partial charge on any atom is -0.744 e. The SMILES string of the molecule is Cc1cc[n+](C)c(-c2cc(C)cc[n+]2C)c1.Cc1cc[n+](CCC[n+]2ccc(C)cc2)cc1.Cc1ccc(S(=O)(=O)[O-])cc1.Cc1ccc(S(=O)(=O)[O-])cc1. The van der Waals surface area contributed by atoms with Crippen molar-refractivity contribution in [3.8, 4) is 11.4 Å². The van der Waals surface area contributed by atoms with Crippen LogP contribution in [-0.4, -0.2) is 25.9 Å². The lowest BCUT2D eigenvalue weighted by Crippen LogP contribution is -2.38. The molecule has 0 bridgehead atoms. The van der Waals surface area contributed by atoms with Crippen LogP contribution in [0.1, 0.15) is 39.8 Å². The Balaban J connectivity index is 0.000000201.